The third-order valence-electron chi connectivity index (χ3n) is 9.94. The van der Waals surface area contributed by atoms with Crippen LogP contribution >= 0.6 is 0 Å². The molecule has 1 unspecified atom stereocenters. The normalized spacial score (nSPS) is 13.5. The average Bonchev–Trinajstić information content (AvgIpc) is 3.59. The highest BCUT2D eigenvalue weighted by Gasteiger charge is 2.31. The van der Waals surface area contributed by atoms with Crippen LogP contribution in [-0.2, 0) is 10.8 Å². The molecule has 1 atom stereocenters. The van der Waals surface area contributed by atoms with E-state index in [1.165, 1.54) is 11.1 Å². The molecule has 0 amide bonds. The smallest absolute Gasteiger partial charge is 0.248 e. The van der Waals surface area contributed by atoms with Gasteiger partial charge in [0.05, 0.1) is 0 Å². The van der Waals surface area contributed by atoms with E-state index < -0.39 is 5.60 Å². The van der Waals surface area contributed by atoms with Crippen LogP contribution in [0.5, 0.6) is 5.75 Å². The van der Waals surface area contributed by atoms with Gasteiger partial charge in [-0.15, -0.1) is 10.2 Å². The molecule has 0 N–H and O–H groups in total. The maximum Gasteiger partial charge on any atom is 0.248 e. The molecule has 0 saturated carbocycles. The van der Waals surface area contributed by atoms with E-state index in [1.54, 1.807) is 0 Å². The summed E-state index contributed by atoms with van der Waals surface area (Å²) in [4.78, 5) is 0. The third-order valence-corrected chi connectivity index (χ3v) is 9.94. The number of hydrogen-bond acceptors (Lipinski definition) is 4. The first kappa shape index (κ1) is 36.8. The Morgan fingerprint density at radius 1 is 0.600 bits per heavy atom. The first-order valence-corrected chi connectivity index (χ1v) is 18.6. The van der Waals surface area contributed by atoms with Gasteiger partial charge in [-0.1, -0.05) is 128 Å². The molecular weight excluding hydrogens is 613 g/mol. The minimum Gasteiger partial charge on any atom is -0.482 e. The van der Waals surface area contributed by atoms with E-state index in [9.17, 15) is 0 Å². The van der Waals surface area contributed by atoms with Crippen molar-refractivity contribution in [3.8, 4) is 50.9 Å². The summed E-state index contributed by atoms with van der Waals surface area (Å²) in [5, 5.41) is 8.84. The predicted molar refractivity (Wildman–Crippen MR) is 211 cm³/mol. The van der Waals surface area contributed by atoms with Crippen molar-refractivity contribution in [2.24, 2.45) is 0 Å². The zero-order valence-electron chi connectivity index (χ0n) is 31.8. The molecule has 5 aromatic rings. The maximum absolute atomic E-state index is 7.21. The van der Waals surface area contributed by atoms with Crippen molar-refractivity contribution in [1.29, 1.82) is 0 Å². The molecule has 0 fully saturated rings. The summed E-state index contributed by atoms with van der Waals surface area (Å²) in [5.41, 5.74) is 8.57. The van der Waals surface area contributed by atoms with Crippen LogP contribution in [0.15, 0.2) is 108 Å². The summed E-state index contributed by atoms with van der Waals surface area (Å²) in [7, 11) is 0. The topological polar surface area (TPSA) is 48.2 Å². The second-order valence-corrected chi connectivity index (χ2v) is 15.3. The third kappa shape index (κ3) is 8.29. The number of hydrogen-bond donors (Lipinski definition) is 0. The van der Waals surface area contributed by atoms with Crippen molar-refractivity contribution >= 4 is 0 Å². The van der Waals surface area contributed by atoms with Gasteiger partial charge in [0, 0.05) is 22.3 Å². The Labute approximate surface area is 301 Å². The molecule has 0 aliphatic carbocycles. The summed E-state index contributed by atoms with van der Waals surface area (Å²) >= 11 is 0. The van der Waals surface area contributed by atoms with Gasteiger partial charge in [0.2, 0.25) is 11.8 Å². The van der Waals surface area contributed by atoms with Gasteiger partial charge >= 0.3 is 0 Å². The Hall–Kier alpha value is -4.44. The average molecular weight is 669 g/mol. The van der Waals surface area contributed by atoms with Gasteiger partial charge in [0.25, 0.3) is 0 Å². The largest absolute Gasteiger partial charge is 0.482 e. The van der Waals surface area contributed by atoms with Crippen LogP contribution in [0, 0.1) is 0 Å². The molecular formula is C46H56N2O2. The summed E-state index contributed by atoms with van der Waals surface area (Å²) in [6.45, 7) is 20.2. The van der Waals surface area contributed by atoms with Crippen LogP contribution < -0.4 is 4.74 Å². The second kappa shape index (κ2) is 15.6. The van der Waals surface area contributed by atoms with Gasteiger partial charge in [-0.05, 0) is 109 Å². The first-order chi connectivity index (χ1) is 23.9. The lowest BCUT2D eigenvalue weighted by atomic mass is 9.73. The van der Waals surface area contributed by atoms with Crippen LogP contribution in [0.1, 0.15) is 112 Å². The number of aromatic nitrogens is 2. The molecule has 1 heterocycles. The maximum atomic E-state index is 7.21. The lowest BCUT2D eigenvalue weighted by molar-refractivity contribution is 0.131. The number of allylic oxidation sites excluding steroid dienone is 1. The van der Waals surface area contributed by atoms with E-state index >= 15 is 0 Å². The Bertz CT molecular complexity index is 1850. The molecule has 4 aromatic carbocycles. The van der Waals surface area contributed by atoms with Gasteiger partial charge < -0.3 is 9.15 Å². The molecule has 5 rings (SSSR count). The fourth-order valence-corrected chi connectivity index (χ4v) is 7.26. The van der Waals surface area contributed by atoms with Gasteiger partial charge in [0.1, 0.15) is 11.4 Å². The summed E-state index contributed by atoms with van der Waals surface area (Å²) in [6.07, 6.45) is 10.7. The molecule has 0 spiro atoms. The van der Waals surface area contributed by atoms with Gasteiger partial charge in [-0.3, -0.25) is 0 Å². The molecule has 0 aliphatic rings. The molecule has 4 nitrogen and oxygen atoms in total. The fraction of sp³-hybridized carbons (Fsp3) is 0.391. The fourth-order valence-electron chi connectivity index (χ4n) is 7.26. The van der Waals surface area contributed by atoms with Crippen LogP contribution in [0.25, 0.3) is 45.2 Å². The SMILES string of the molecule is C/C=C\C(C)(CCC)Oc1c(-c2ccccc2)cc(C(C)(CCC)CCC)cc1-c1ccc(-c2nnc(-c3ccc(C(C)(C)C)cc3)o2)cc1. The molecule has 262 valence electrons. The van der Waals surface area contributed by atoms with E-state index in [4.69, 9.17) is 9.15 Å². The van der Waals surface area contributed by atoms with Crippen molar-refractivity contribution in [3.05, 3.63) is 114 Å². The lowest BCUT2D eigenvalue weighted by Gasteiger charge is -2.34. The van der Waals surface area contributed by atoms with Crippen molar-refractivity contribution in [2.75, 3.05) is 0 Å². The van der Waals surface area contributed by atoms with Gasteiger partial charge in [-0.2, -0.15) is 0 Å². The summed E-state index contributed by atoms with van der Waals surface area (Å²) in [5.74, 6) is 1.94. The zero-order valence-corrected chi connectivity index (χ0v) is 31.8. The molecule has 0 bridgehead atoms. The molecule has 50 heavy (non-hydrogen) atoms. The molecule has 1 aromatic heterocycles. The number of rotatable bonds is 14. The van der Waals surface area contributed by atoms with E-state index in [2.05, 4.69) is 176 Å². The Kier molecular flexibility index (Phi) is 11.5. The highest BCUT2D eigenvalue weighted by atomic mass is 16.5. The Balaban J connectivity index is 1.64. The first-order valence-electron chi connectivity index (χ1n) is 18.6. The van der Waals surface area contributed by atoms with Crippen LogP contribution in [-0.4, -0.2) is 15.8 Å². The summed E-state index contributed by atoms with van der Waals surface area (Å²) in [6, 6.07) is 32.4. The van der Waals surface area contributed by atoms with Crippen molar-refractivity contribution in [1.82, 2.24) is 10.2 Å². The predicted octanol–water partition coefficient (Wildman–Crippen LogP) is 13.4. The van der Waals surface area contributed by atoms with Gasteiger partial charge in [0.15, 0.2) is 0 Å². The van der Waals surface area contributed by atoms with Gasteiger partial charge in [-0.25, -0.2) is 0 Å². The monoisotopic (exact) mass is 668 g/mol. The van der Waals surface area contributed by atoms with E-state index in [0.717, 1.165) is 77.7 Å². The molecule has 4 heteroatoms. The minimum atomic E-state index is -0.454. The highest BCUT2D eigenvalue weighted by molar-refractivity contribution is 5.84. The van der Waals surface area contributed by atoms with Crippen molar-refractivity contribution < 1.29 is 9.15 Å². The highest BCUT2D eigenvalue weighted by Crippen LogP contribution is 2.47. The van der Waals surface area contributed by atoms with E-state index in [1.807, 2.05) is 0 Å². The lowest BCUT2D eigenvalue weighted by Crippen LogP contribution is -2.30. The molecule has 0 saturated heterocycles. The molecule has 0 aliphatic heterocycles. The number of nitrogens with zero attached hydrogens (tertiary/aromatic N) is 2. The number of ether oxygens (including phenoxy) is 1. The summed E-state index contributed by atoms with van der Waals surface area (Å²) < 4.78 is 13.4. The van der Waals surface area contributed by atoms with Crippen molar-refractivity contribution in [2.45, 2.75) is 117 Å². The van der Waals surface area contributed by atoms with Crippen LogP contribution in [0.4, 0.5) is 0 Å². The zero-order chi connectivity index (χ0) is 35.9. The van der Waals surface area contributed by atoms with Crippen molar-refractivity contribution in [3.63, 3.8) is 0 Å². The van der Waals surface area contributed by atoms with E-state index in [-0.39, 0.29) is 10.8 Å². The van der Waals surface area contributed by atoms with Crippen LogP contribution in [0.2, 0.25) is 0 Å². The van der Waals surface area contributed by atoms with Crippen LogP contribution in [0.3, 0.4) is 0 Å². The second-order valence-electron chi connectivity index (χ2n) is 15.3. The number of benzene rings is 4. The Morgan fingerprint density at radius 3 is 1.56 bits per heavy atom. The van der Waals surface area contributed by atoms with E-state index in [0.29, 0.717) is 11.8 Å². The Morgan fingerprint density at radius 2 is 1.08 bits per heavy atom. The molecule has 0 radical (unpaired) electrons. The quantitative estimate of drug-likeness (QED) is 0.111. The minimum absolute atomic E-state index is 0.0432. The standard InChI is InChI=1S/C46H56N2O2/c1-10-27-45(8,28-11-2)38-31-39(33-17-15-14-16-18-33)41(50-46(9,29-12-3)30-13-4)40(32-38)34-19-21-35(22-20-34)42-47-48-43(49-42)36-23-25-37(26-24-36)44(5,6)7/h12,14-26,29,31-32H,10-11,13,27-28,30H2,1-9H3/b29-12-.